The number of nitrogens with zero attached hydrogens (tertiary/aromatic N) is 2. The third-order valence-electron chi connectivity index (χ3n) is 3.85. The summed E-state index contributed by atoms with van der Waals surface area (Å²) in [5, 5.41) is 7.45. The Morgan fingerprint density at radius 1 is 1.48 bits per heavy atom. The molecule has 6 nitrogen and oxygen atoms in total. The fourth-order valence-electron chi connectivity index (χ4n) is 2.22. The Morgan fingerprint density at radius 3 is 2.81 bits per heavy atom. The molecule has 21 heavy (non-hydrogen) atoms. The predicted molar refractivity (Wildman–Crippen MR) is 82.4 cm³/mol. The van der Waals surface area contributed by atoms with Crippen molar-refractivity contribution in [2.75, 3.05) is 13.1 Å². The van der Waals surface area contributed by atoms with E-state index in [1.165, 1.54) is 6.20 Å². The van der Waals surface area contributed by atoms with Crippen molar-refractivity contribution in [1.29, 1.82) is 0 Å². The Morgan fingerprint density at radius 2 is 2.19 bits per heavy atom. The molecule has 120 valence electrons. The molecular formula is C14H26N4O2S. The topological polar surface area (TPSA) is 76.0 Å². The van der Waals surface area contributed by atoms with Crippen molar-refractivity contribution in [2.24, 2.45) is 11.8 Å². The van der Waals surface area contributed by atoms with Gasteiger partial charge in [-0.1, -0.05) is 20.8 Å². The minimum atomic E-state index is -3.41. The van der Waals surface area contributed by atoms with Gasteiger partial charge in [-0.25, -0.2) is 13.1 Å². The molecule has 1 heterocycles. The van der Waals surface area contributed by atoms with E-state index in [9.17, 15) is 8.42 Å². The minimum Gasteiger partial charge on any atom is -0.314 e. The van der Waals surface area contributed by atoms with Gasteiger partial charge >= 0.3 is 0 Å². The van der Waals surface area contributed by atoms with Crippen molar-refractivity contribution < 1.29 is 8.42 Å². The standard InChI is InChI=1S/C14H26N4O2S/c1-11(2)15-5-4-6-18-10-14(9-16-18)21(19,20)17-8-13-7-12(13)3/h9-13,15,17H,4-8H2,1-3H3. The van der Waals surface area contributed by atoms with Gasteiger partial charge in [0.05, 0.1) is 6.20 Å². The highest BCUT2D eigenvalue weighted by molar-refractivity contribution is 7.89. The fourth-order valence-corrected chi connectivity index (χ4v) is 3.27. The van der Waals surface area contributed by atoms with Crippen LogP contribution in [0.2, 0.25) is 0 Å². The third kappa shape index (κ3) is 5.09. The van der Waals surface area contributed by atoms with Gasteiger partial charge in [0.2, 0.25) is 10.0 Å². The Kier molecular flexibility index (Phi) is 5.40. The molecular weight excluding hydrogens is 288 g/mol. The molecule has 2 rings (SSSR count). The maximum atomic E-state index is 12.1. The van der Waals surface area contributed by atoms with Crippen LogP contribution in [-0.2, 0) is 16.6 Å². The molecule has 1 fully saturated rings. The van der Waals surface area contributed by atoms with E-state index < -0.39 is 10.0 Å². The maximum absolute atomic E-state index is 12.1. The van der Waals surface area contributed by atoms with Gasteiger partial charge in [-0.3, -0.25) is 4.68 Å². The van der Waals surface area contributed by atoms with Crippen LogP contribution >= 0.6 is 0 Å². The Bertz CT molecular complexity index is 553. The van der Waals surface area contributed by atoms with Crippen molar-refractivity contribution in [3.8, 4) is 0 Å². The second kappa shape index (κ2) is 6.89. The first kappa shape index (κ1) is 16.5. The molecule has 0 spiro atoms. The zero-order chi connectivity index (χ0) is 15.5. The summed E-state index contributed by atoms with van der Waals surface area (Å²) in [5.74, 6) is 1.14. The van der Waals surface area contributed by atoms with Gasteiger partial charge in [0.15, 0.2) is 0 Å². The molecule has 7 heteroatoms. The van der Waals surface area contributed by atoms with E-state index in [1.54, 1.807) is 10.9 Å². The van der Waals surface area contributed by atoms with Gasteiger partial charge in [-0.2, -0.15) is 5.10 Å². The summed E-state index contributed by atoms with van der Waals surface area (Å²) in [6, 6.07) is 0.465. The zero-order valence-electron chi connectivity index (χ0n) is 13.0. The van der Waals surface area contributed by atoms with Crippen molar-refractivity contribution >= 4 is 10.0 Å². The lowest BCUT2D eigenvalue weighted by atomic mass is 10.3. The summed E-state index contributed by atoms with van der Waals surface area (Å²) in [6.07, 6.45) is 5.07. The Balaban J connectivity index is 1.80. The van der Waals surface area contributed by atoms with E-state index >= 15 is 0 Å². The molecule has 1 aromatic rings. The van der Waals surface area contributed by atoms with E-state index in [1.807, 2.05) is 0 Å². The number of hydrogen-bond acceptors (Lipinski definition) is 4. The number of sulfonamides is 1. The summed E-state index contributed by atoms with van der Waals surface area (Å²) in [5.41, 5.74) is 0. The summed E-state index contributed by atoms with van der Waals surface area (Å²) in [6.45, 7) is 8.50. The summed E-state index contributed by atoms with van der Waals surface area (Å²) < 4.78 is 28.6. The van der Waals surface area contributed by atoms with Crippen LogP contribution < -0.4 is 10.0 Å². The predicted octanol–water partition coefficient (Wildman–Crippen LogP) is 1.21. The monoisotopic (exact) mass is 314 g/mol. The molecule has 2 N–H and O–H groups in total. The summed E-state index contributed by atoms with van der Waals surface area (Å²) in [7, 11) is -3.41. The summed E-state index contributed by atoms with van der Waals surface area (Å²) >= 11 is 0. The van der Waals surface area contributed by atoms with Crippen molar-refractivity contribution in [3.63, 3.8) is 0 Å². The SMILES string of the molecule is CC(C)NCCCn1cc(S(=O)(=O)NCC2CC2C)cn1. The smallest absolute Gasteiger partial charge is 0.243 e. The van der Waals surface area contributed by atoms with Gasteiger partial charge in [0, 0.05) is 25.3 Å². The Labute approximate surface area is 127 Å². The second-order valence-electron chi connectivity index (χ2n) is 6.23. The molecule has 1 saturated carbocycles. The lowest BCUT2D eigenvalue weighted by Gasteiger charge is -2.07. The highest BCUT2D eigenvalue weighted by Gasteiger charge is 2.33. The first-order valence-electron chi connectivity index (χ1n) is 7.64. The number of aromatic nitrogens is 2. The van der Waals surface area contributed by atoms with Gasteiger partial charge in [0.1, 0.15) is 4.90 Å². The number of nitrogens with one attached hydrogen (secondary N) is 2. The first-order chi connectivity index (χ1) is 9.88. The van der Waals surface area contributed by atoms with Gasteiger partial charge < -0.3 is 5.32 Å². The number of hydrogen-bond donors (Lipinski definition) is 2. The van der Waals surface area contributed by atoms with E-state index in [-0.39, 0.29) is 4.90 Å². The molecule has 1 aliphatic carbocycles. The maximum Gasteiger partial charge on any atom is 0.243 e. The average molecular weight is 314 g/mol. The van der Waals surface area contributed by atoms with Crippen molar-refractivity contribution in [2.45, 2.75) is 51.1 Å². The van der Waals surface area contributed by atoms with Crippen LogP contribution in [0.3, 0.4) is 0 Å². The fraction of sp³-hybridized carbons (Fsp3) is 0.786. The van der Waals surface area contributed by atoms with Gasteiger partial charge in [-0.15, -0.1) is 0 Å². The molecule has 1 aromatic heterocycles. The molecule has 0 radical (unpaired) electrons. The minimum absolute atomic E-state index is 0.257. The van der Waals surface area contributed by atoms with Gasteiger partial charge in [0.25, 0.3) is 0 Å². The molecule has 0 aromatic carbocycles. The van der Waals surface area contributed by atoms with Crippen LogP contribution in [0.1, 0.15) is 33.6 Å². The Hall–Kier alpha value is -0.920. The largest absolute Gasteiger partial charge is 0.314 e. The molecule has 0 bridgehead atoms. The van der Waals surface area contributed by atoms with Crippen LogP contribution in [0.4, 0.5) is 0 Å². The van der Waals surface area contributed by atoms with E-state index in [4.69, 9.17) is 0 Å². The lowest BCUT2D eigenvalue weighted by Crippen LogP contribution is -2.26. The van der Waals surface area contributed by atoms with Crippen LogP contribution in [0, 0.1) is 11.8 Å². The molecule has 0 saturated heterocycles. The van der Waals surface area contributed by atoms with E-state index in [0.717, 1.165) is 25.9 Å². The lowest BCUT2D eigenvalue weighted by molar-refractivity contribution is 0.513. The molecule has 1 aliphatic rings. The van der Waals surface area contributed by atoms with Crippen molar-refractivity contribution in [3.05, 3.63) is 12.4 Å². The van der Waals surface area contributed by atoms with Crippen LogP contribution in [-0.4, -0.2) is 37.3 Å². The highest BCUT2D eigenvalue weighted by Crippen LogP contribution is 2.37. The van der Waals surface area contributed by atoms with Crippen molar-refractivity contribution in [1.82, 2.24) is 19.8 Å². The zero-order valence-corrected chi connectivity index (χ0v) is 13.9. The third-order valence-corrected chi connectivity index (χ3v) is 5.23. The van der Waals surface area contributed by atoms with Gasteiger partial charge in [-0.05, 0) is 31.2 Å². The van der Waals surface area contributed by atoms with Crippen LogP contribution in [0.25, 0.3) is 0 Å². The average Bonchev–Trinajstić information content (AvgIpc) is 2.91. The number of aryl methyl sites for hydroxylation is 1. The highest BCUT2D eigenvalue weighted by atomic mass is 32.2. The van der Waals surface area contributed by atoms with E-state index in [2.05, 4.69) is 35.9 Å². The van der Waals surface area contributed by atoms with E-state index in [0.29, 0.717) is 24.4 Å². The quantitative estimate of drug-likeness (QED) is 0.672. The molecule has 0 amide bonds. The molecule has 2 atom stereocenters. The molecule has 2 unspecified atom stereocenters. The second-order valence-corrected chi connectivity index (χ2v) is 7.99. The van der Waals surface area contributed by atoms with Crippen LogP contribution in [0.15, 0.2) is 17.3 Å². The number of rotatable bonds is 9. The summed E-state index contributed by atoms with van der Waals surface area (Å²) in [4.78, 5) is 0.257. The van der Waals surface area contributed by atoms with Crippen LogP contribution in [0.5, 0.6) is 0 Å². The molecule has 0 aliphatic heterocycles. The normalized spacial score (nSPS) is 21.9. The first-order valence-corrected chi connectivity index (χ1v) is 9.12.